The Morgan fingerprint density at radius 2 is 2.15 bits per heavy atom. The van der Waals surface area contributed by atoms with Gasteiger partial charge in [-0.15, -0.1) is 0 Å². The molecule has 1 aliphatic heterocycles. The van der Waals surface area contributed by atoms with Crippen LogP contribution in [0.3, 0.4) is 0 Å². The van der Waals surface area contributed by atoms with Gasteiger partial charge in [0.15, 0.2) is 5.82 Å². The first-order valence-corrected chi connectivity index (χ1v) is 7.28. The highest BCUT2D eigenvalue weighted by Crippen LogP contribution is 2.28. The van der Waals surface area contributed by atoms with Gasteiger partial charge < -0.3 is 5.32 Å². The Labute approximate surface area is 118 Å². The molecule has 1 fully saturated rings. The largest absolute Gasteiger partial charge is 0.432 e. The zero-order valence-electron chi connectivity index (χ0n) is 10.8. The number of carbonyl (C=O) groups excluding carboxylic acids is 1. The Kier molecular flexibility index (Phi) is 4.59. The van der Waals surface area contributed by atoms with E-state index in [2.05, 4.69) is 10.4 Å². The number of nitrogens with one attached hydrogen (secondary N) is 2. The maximum atomic E-state index is 12.4. The molecule has 0 unspecified atom stereocenters. The summed E-state index contributed by atoms with van der Waals surface area (Å²) in [5, 5.41) is 7.72. The van der Waals surface area contributed by atoms with Crippen molar-refractivity contribution in [3.63, 3.8) is 0 Å². The van der Waals surface area contributed by atoms with E-state index in [1.165, 1.54) is 0 Å². The quantitative estimate of drug-likeness (QED) is 0.894. The maximum absolute atomic E-state index is 12.4. The van der Waals surface area contributed by atoms with Gasteiger partial charge in [-0.25, -0.2) is 0 Å². The van der Waals surface area contributed by atoms with Gasteiger partial charge in [-0.05, 0) is 6.92 Å². The van der Waals surface area contributed by atoms with Crippen molar-refractivity contribution in [1.29, 1.82) is 0 Å². The summed E-state index contributed by atoms with van der Waals surface area (Å²) in [6.07, 6.45) is -4.49. The van der Waals surface area contributed by atoms with Gasteiger partial charge in [-0.1, -0.05) is 0 Å². The SMILES string of the molecule is C[C@H](C(=O)Nc1cc(C(F)(F)F)[nH]n1)N1CCSCC1. The molecule has 1 amide bonds. The third-order valence-corrected chi connectivity index (χ3v) is 4.05. The van der Waals surface area contributed by atoms with Crippen molar-refractivity contribution in [2.75, 3.05) is 29.9 Å². The minimum atomic E-state index is -4.49. The number of aromatic nitrogens is 2. The number of hydrogen-bond donors (Lipinski definition) is 2. The predicted octanol–water partition coefficient (Wildman–Crippen LogP) is 1.80. The minimum Gasteiger partial charge on any atom is -0.308 e. The van der Waals surface area contributed by atoms with E-state index in [4.69, 9.17) is 0 Å². The molecule has 0 spiro atoms. The highest BCUT2D eigenvalue weighted by atomic mass is 32.2. The standard InChI is InChI=1S/C11H15F3N4OS/c1-7(18-2-4-20-5-3-18)10(19)15-9-6-8(16-17-9)11(12,13)14/h6-7H,2-5H2,1H3,(H2,15,16,17,19)/t7-/m1/s1. The first-order chi connectivity index (χ1) is 9.38. The number of alkyl halides is 3. The van der Waals surface area contributed by atoms with Gasteiger partial charge in [0.05, 0.1) is 6.04 Å². The van der Waals surface area contributed by atoms with Gasteiger partial charge in [0, 0.05) is 30.7 Å². The molecule has 2 N–H and O–H groups in total. The van der Waals surface area contributed by atoms with Crippen LogP contribution in [0.5, 0.6) is 0 Å². The Morgan fingerprint density at radius 3 is 2.70 bits per heavy atom. The van der Waals surface area contributed by atoms with Gasteiger partial charge in [-0.3, -0.25) is 14.8 Å². The van der Waals surface area contributed by atoms with E-state index in [1.54, 1.807) is 6.92 Å². The van der Waals surface area contributed by atoms with Crippen molar-refractivity contribution < 1.29 is 18.0 Å². The van der Waals surface area contributed by atoms with Gasteiger partial charge in [0.25, 0.3) is 0 Å². The van der Waals surface area contributed by atoms with E-state index < -0.39 is 11.9 Å². The summed E-state index contributed by atoms with van der Waals surface area (Å²) in [6.45, 7) is 3.34. The van der Waals surface area contributed by atoms with Gasteiger partial charge >= 0.3 is 6.18 Å². The minimum absolute atomic E-state index is 0.111. The summed E-state index contributed by atoms with van der Waals surface area (Å²) in [6, 6.07) is 0.401. The van der Waals surface area contributed by atoms with Crippen molar-refractivity contribution in [2.24, 2.45) is 0 Å². The molecule has 1 saturated heterocycles. The Balaban J connectivity index is 1.95. The molecule has 112 valence electrons. The number of anilines is 1. The Morgan fingerprint density at radius 1 is 1.50 bits per heavy atom. The number of aromatic amines is 1. The third-order valence-electron chi connectivity index (χ3n) is 3.11. The van der Waals surface area contributed by atoms with Crippen molar-refractivity contribution in [2.45, 2.75) is 19.1 Å². The van der Waals surface area contributed by atoms with Crippen LogP contribution in [0.1, 0.15) is 12.6 Å². The molecule has 0 bridgehead atoms. The molecule has 20 heavy (non-hydrogen) atoms. The van der Waals surface area contributed by atoms with Crippen LogP contribution in [0, 0.1) is 0 Å². The summed E-state index contributed by atoms with van der Waals surface area (Å²) < 4.78 is 37.2. The van der Waals surface area contributed by atoms with E-state index in [1.807, 2.05) is 21.8 Å². The highest BCUT2D eigenvalue weighted by molar-refractivity contribution is 7.99. The fourth-order valence-corrected chi connectivity index (χ4v) is 2.82. The fourth-order valence-electron chi connectivity index (χ4n) is 1.89. The predicted molar refractivity (Wildman–Crippen MR) is 70.6 cm³/mol. The number of H-pyrrole nitrogens is 1. The van der Waals surface area contributed by atoms with Crippen LogP contribution in [0.25, 0.3) is 0 Å². The number of nitrogens with zero attached hydrogens (tertiary/aromatic N) is 2. The smallest absolute Gasteiger partial charge is 0.308 e. The van der Waals surface area contributed by atoms with Crippen LogP contribution >= 0.6 is 11.8 Å². The van der Waals surface area contributed by atoms with E-state index in [-0.39, 0.29) is 17.8 Å². The van der Waals surface area contributed by atoms with Gasteiger partial charge in [0.2, 0.25) is 5.91 Å². The zero-order chi connectivity index (χ0) is 14.8. The number of carbonyl (C=O) groups is 1. The lowest BCUT2D eigenvalue weighted by molar-refractivity contribution is -0.141. The monoisotopic (exact) mass is 308 g/mol. The van der Waals surface area contributed by atoms with E-state index >= 15 is 0 Å². The second-order valence-corrected chi connectivity index (χ2v) is 5.70. The summed E-state index contributed by atoms with van der Waals surface area (Å²) in [7, 11) is 0. The molecular formula is C11H15F3N4OS. The number of rotatable bonds is 3. The van der Waals surface area contributed by atoms with E-state index in [9.17, 15) is 18.0 Å². The Bertz CT molecular complexity index is 470. The first-order valence-electron chi connectivity index (χ1n) is 6.13. The lowest BCUT2D eigenvalue weighted by atomic mass is 10.2. The topological polar surface area (TPSA) is 61.0 Å². The van der Waals surface area contributed by atoms with Crippen molar-refractivity contribution in [3.05, 3.63) is 11.8 Å². The van der Waals surface area contributed by atoms with Crippen LogP contribution < -0.4 is 5.32 Å². The molecule has 1 aromatic rings. The van der Waals surface area contributed by atoms with Crippen LogP contribution in [0.15, 0.2) is 6.07 Å². The third kappa shape index (κ3) is 3.66. The lowest BCUT2D eigenvalue weighted by Gasteiger charge is -2.30. The summed E-state index contributed by atoms with van der Waals surface area (Å²) in [5.74, 6) is 1.45. The van der Waals surface area contributed by atoms with Crippen molar-refractivity contribution in [3.8, 4) is 0 Å². The van der Waals surface area contributed by atoms with Crippen LogP contribution in [0.2, 0.25) is 0 Å². The molecule has 5 nitrogen and oxygen atoms in total. The molecule has 1 aromatic heterocycles. The number of thioether (sulfide) groups is 1. The molecule has 0 aliphatic carbocycles. The molecule has 2 rings (SSSR count). The Hall–Kier alpha value is -1.22. The van der Waals surface area contributed by atoms with Crippen LogP contribution in [-0.2, 0) is 11.0 Å². The summed E-state index contributed by atoms with van der Waals surface area (Å²) in [4.78, 5) is 14.0. The molecule has 2 heterocycles. The number of halogens is 3. The number of amides is 1. The molecule has 0 aromatic carbocycles. The van der Waals surface area contributed by atoms with Crippen LogP contribution in [0.4, 0.5) is 19.0 Å². The second-order valence-electron chi connectivity index (χ2n) is 4.48. The molecular weight excluding hydrogens is 293 g/mol. The van der Waals surface area contributed by atoms with Crippen molar-refractivity contribution in [1.82, 2.24) is 15.1 Å². The van der Waals surface area contributed by atoms with Crippen LogP contribution in [-0.4, -0.2) is 51.6 Å². The van der Waals surface area contributed by atoms with Crippen molar-refractivity contribution >= 4 is 23.5 Å². The first kappa shape index (κ1) is 15.2. The molecule has 0 saturated carbocycles. The fraction of sp³-hybridized carbons (Fsp3) is 0.636. The summed E-state index contributed by atoms with van der Waals surface area (Å²) >= 11 is 1.82. The highest BCUT2D eigenvalue weighted by Gasteiger charge is 2.33. The molecule has 1 atom stereocenters. The maximum Gasteiger partial charge on any atom is 0.432 e. The lowest BCUT2D eigenvalue weighted by Crippen LogP contribution is -2.46. The van der Waals surface area contributed by atoms with Gasteiger partial charge in [0.1, 0.15) is 5.69 Å². The zero-order valence-corrected chi connectivity index (χ0v) is 11.6. The van der Waals surface area contributed by atoms with Gasteiger partial charge in [-0.2, -0.15) is 30.0 Å². The molecule has 9 heteroatoms. The molecule has 0 radical (unpaired) electrons. The second kappa shape index (κ2) is 6.04. The average molecular weight is 308 g/mol. The van der Waals surface area contributed by atoms with E-state index in [0.717, 1.165) is 30.7 Å². The molecule has 1 aliphatic rings. The average Bonchev–Trinajstić information content (AvgIpc) is 2.87. The normalized spacial score (nSPS) is 18.8. The van der Waals surface area contributed by atoms with E-state index in [0.29, 0.717) is 0 Å². The summed E-state index contributed by atoms with van der Waals surface area (Å²) in [5.41, 5.74) is -0.977. The number of hydrogen-bond acceptors (Lipinski definition) is 4.